The van der Waals surface area contributed by atoms with Gasteiger partial charge in [0.1, 0.15) is 11.5 Å². The first-order valence-corrected chi connectivity index (χ1v) is 15.6. The van der Waals surface area contributed by atoms with Gasteiger partial charge in [0.05, 0.1) is 39.5 Å². The number of nitrogens with zero attached hydrogens (tertiary/aromatic N) is 4. The molecule has 10 rings (SSSR count). The molecule has 218 valence electrons. The predicted octanol–water partition coefficient (Wildman–Crippen LogP) is 9.58. The van der Waals surface area contributed by atoms with Crippen LogP contribution < -0.4 is 4.74 Å². The van der Waals surface area contributed by atoms with Crippen molar-refractivity contribution in [1.29, 1.82) is 5.26 Å². The van der Waals surface area contributed by atoms with E-state index in [-0.39, 0.29) is 0 Å². The lowest BCUT2D eigenvalue weighted by atomic mass is 9.66. The lowest BCUT2D eigenvalue weighted by Crippen LogP contribution is -2.32. The summed E-state index contributed by atoms with van der Waals surface area (Å²) in [5.41, 5.74) is 11.6. The Bertz CT molecular complexity index is 2580. The van der Waals surface area contributed by atoms with Gasteiger partial charge in [-0.15, -0.1) is 0 Å². The minimum atomic E-state index is -0.636. The van der Waals surface area contributed by atoms with Gasteiger partial charge in [-0.25, -0.2) is 0 Å². The second-order valence-electron chi connectivity index (χ2n) is 12.1. The molecule has 1 spiro atoms. The van der Waals surface area contributed by atoms with E-state index in [2.05, 4.69) is 102 Å². The van der Waals surface area contributed by atoms with E-state index in [4.69, 9.17) is 14.7 Å². The summed E-state index contributed by atoms with van der Waals surface area (Å²) in [6, 6.07) is 48.5. The monoisotopic (exact) mass is 600 g/mol. The lowest BCUT2D eigenvalue weighted by Gasteiger charge is -2.39. The van der Waals surface area contributed by atoms with Crippen LogP contribution in [0.4, 0.5) is 0 Å². The number of aromatic nitrogens is 3. The zero-order valence-electron chi connectivity index (χ0n) is 25.1. The fourth-order valence-electron chi connectivity index (χ4n) is 7.87. The van der Waals surface area contributed by atoms with Crippen molar-refractivity contribution in [2.45, 2.75) is 5.41 Å². The standard InChI is InChI=1S/C42H24N4O/c43-25-26-14-17-36-30(22-26)31-23-27(15-18-37(31)46(36)29-8-2-1-3-9-29)28-16-19-39-35(24-28)42(32-10-4-5-13-38(32)47-39)33-11-6-20-44-40(33)41-34(42)12-7-21-45-41/h1-24H. The van der Waals surface area contributed by atoms with Crippen molar-refractivity contribution in [1.82, 2.24) is 14.5 Å². The smallest absolute Gasteiger partial charge is 0.132 e. The van der Waals surface area contributed by atoms with Gasteiger partial charge in [0.25, 0.3) is 0 Å². The van der Waals surface area contributed by atoms with Gasteiger partial charge in [-0.2, -0.15) is 5.26 Å². The summed E-state index contributed by atoms with van der Waals surface area (Å²) in [7, 11) is 0. The van der Waals surface area contributed by atoms with Gasteiger partial charge in [0.15, 0.2) is 0 Å². The maximum atomic E-state index is 9.77. The Morgan fingerprint density at radius 1 is 0.553 bits per heavy atom. The molecule has 8 aromatic rings. The molecule has 5 nitrogen and oxygen atoms in total. The van der Waals surface area contributed by atoms with Crippen molar-refractivity contribution < 1.29 is 4.74 Å². The second-order valence-corrected chi connectivity index (χ2v) is 12.1. The molecular formula is C42H24N4O. The van der Waals surface area contributed by atoms with Gasteiger partial charge in [-0.05, 0) is 95.1 Å². The van der Waals surface area contributed by atoms with Crippen molar-refractivity contribution in [2.75, 3.05) is 0 Å². The van der Waals surface area contributed by atoms with Crippen LogP contribution in [0.5, 0.6) is 11.5 Å². The van der Waals surface area contributed by atoms with Crippen LogP contribution in [-0.4, -0.2) is 14.5 Å². The van der Waals surface area contributed by atoms with Gasteiger partial charge >= 0.3 is 0 Å². The molecule has 5 heteroatoms. The summed E-state index contributed by atoms with van der Waals surface area (Å²) >= 11 is 0. The first-order valence-electron chi connectivity index (χ1n) is 15.6. The number of para-hydroxylation sites is 2. The highest BCUT2D eigenvalue weighted by Gasteiger charge is 2.52. The summed E-state index contributed by atoms with van der Waals surface area (Å²) in [4.78, 5) is 9.71. The predicted molar refractivity (Wildman–Crippen MR) is 184 cm³/mol. The summed E-state index contributed by atoms with van der Waals surface area (Å²) in [5, 5.41) is 11.9. The molecule has 0 bridgehead atoms. The maximum absolute atomic E-state index is 9.77. The normalized spacial score (nSPS) is 13.4. The molecule has 0 radical (unpaired) electrons. The van der Waals surface area contributed by atoms with Crippen LogP contribution >= 0.6 is 0 Å². The van der Waals surface area contributed by atoms with Gasteiger partial charge in [0.2, 0.25) is 0 Å². The fraction of sp³-hybridized carbons (Fsp3) is 0.0238. The molecule has 0 unspecified atom stereocenters. The van der Waals surface area contributed by atoms with Crippen LogP contribution in [0.15, 0.2) is 146 Å². The van der Waals surface area contributed by atoms with E-state index in [0.29, 0.717) is 5.56 Å². The molecular weight excluding hydrogens is 576 g/mol. The molecule has 1 aliphatic carbocycles. The van der Waals surface area contributed by atoms with Crippen molar-refractivity contribution in [3.63, 3.8) is 0 Å². The highest BCUT2D eigenvalue weighted by atomic mass is 16.5. The van der Waals surface area contributed by atoms with Gasteiger partial charge < -0.3 is 9.30 Å². The van der Waals surface area contributed by atoms with E-state index in [1.165, 1.54) is 0 Å². The van der Waals surface area contributed by atoms with Crippen molar-refractivity contribution in [2.24, 2.45) is 0 Å². The van der Waals surface area contributed by atoms with E-state index in [1.807, 2.05) is 54.9 Å². The second kappa shape index (κ2) is 9.50. The molecule has 1 aliphatic heterocycles. The maximum Gasteiger partial charge on any atom is 0.132 e. The van der Waals surface area contributed by atoms with Crippen molar-refractivity contribution in [3.8, 4) is 45.8 Å². The highest BCUT2D eigenvalue weighted by Crippen LogP contribution is 2.61. The van der Waals surface area contributed by atoms with E-state index < -0.39 is 5.41 Å². The Morgan fingerprint density at radius 2 is 1.17 bits per heavy atom. The van der Waals surface area contributed by atoms with E-state index in [9.17, 15) is 5.26 Å². The average molecular weight is 601 g/mol. The Labute approximate surface area is 270 Å². The molecule has 3 aromatic heterocycles. The fourth-order valence-corrected chi connectivity index (χ4v) is 7.87. The lowest BCUT2D eigenvalue weighted by molar-refractivity contribution is 0.436. The summed E-state index contributed by atoms with van der Waals surface area (Å²) in [5.74, 6) is 1.65. The highest BCUT2D eigenvalue weighted by molar-refractivity contribution is 6.11. The Hall–Kier alpha value is -6.51. The molecule has 0 saturated heterocycles. The molecule has 5 aromatic carbocycles. The SMILES string of the molecule is N#Cc1ccc2c(c1)c1cc(-c3ccc4c(c3)C3(c5ccccc5O4)c4cccnc4-c4ncccc43)ccc1n2-c1ccccc1. The van der Waals surface area contributed by atoms with E-state index in [1.54, 1.807) is 0 Å². The van der Waals surface area contributed by atoms with Crippen molar-refractivity contribution in [3.05, 3.63) is 174 Å². The Kier molecular flexibility index (Phi) is 5.21. The number of pyridine rings is 2. The molecule has 0 N–H and O–H groups in total. The molecule has 0 saturated carbocycles. The number of benzene rings is 5. The molecule has 2 aliphatic rings. The molecule has 0 amide bonds. The largest absolute Gasteiger partial charge is 0.457 e. The first kappa shape index (κ1) is 25.8. The van der Waals surface area contributed by atoms with Gasteiger partial charge in [-0.3, -0.25) is 9.97 Å². The zero-order valence-corrected chi connectivity index (χ0v) is 25.1. The summed E-state index contributed by atoms with van der Waals surface area (Å²) < 4.78 is 8.89. The average Bonchev–Trinajstić information content (AvgIpc) is 3.62. The first-order chi connectivity index (χ1) is 23.3. The van der Waals surface area contributed by atoms with Crippen LogP contribution in [-0.2, 0) is 5.41 Å². The van der Waals surface area contributed by atoms with Crippen LogP contribution in [0.2, 0.25) is 0 Å². The minimum Gasteiger partial charge on any atom is -0.457 e. The Morgan fingerprint density at radius 3 is 1.94 bits per heavy atom. The Balaban J connectivity index is 1.24. The number of fused-ring (bicyclic) bond motifs is 12. The van der Waals surface area contributed by atoms with Gasteiger partial charge in [0, 0.05) is 40.0 Å². The van der Waals surface area contributed by atoms with Crippen LogP contribution in [0, 0.1) is 11.3 Å². The third-order valence-electron chi connectivity index (χ3n) is 9.78. The van der Waals surface area contributed by atoms with Crippen LogP contribution in [0.25, 0.3) is 50.0 Å². The molecule has 47 heavy (non-hydrogen) atoms. The number of ether oxygens (including phenoxy) is 1. The van der Waals surface area contributed by atoms with E-state index >= 15 is 0 Å². The number of hydrogen-bond donors (Lipinski definition) is 0. The number of rotatable bonds is 2. The summed E-state index contributed by atoms with van der Waals surface area (Å²) in [6.45, 7) is 0. The molecule has 4 heterocycles. The topological polar surface area (TPSA) is 63.7 Å². The molecule has 0 atom stereocenters. The van der Waals surface area contributed by atoms with Crippen molar-refractivity contribution >= 4 is 21.8 Å². The van der Waals surface area contributed by atoms with Gasteiger partial charge in [-0.1, -0.05) is 60.7 Å². The summed E-state index contributed by atoms with van der Waals surface area (Å²) in [6.07, 6.45) is 3.69. The molecule has 0 fully saturated rings. The third-order valence-corrected chi connectivity index (χ3v) is 9.78. The van der Waals surface area contributed by atoms with E-state index in [0.717, 1.165) is 83.8 Å². The minimum absolute atomic E-state index is 0.636. The van der Waals surface area contributed by atoms with Crippen LogP contribution in [0.1, 0.15) is 27.8 Å². The zero-order chi connectivity index (χ0) is 31.1. The number of nitriles is 1. The quantitative estimate of drug-likeness (QED) is 0.198. The van der Waals surface area contributed by atoms with Crippen LogP contribution in [0.3, 0.4) is 0 Å². The number of hydrogen-bond acceptors (Lipinski definition) is 4. The third kappa shape index (κ3) is 3.41.